The lowest BCUT2D eigenvalue weighted by Crippen LogP contribution is -2.39. The summed E-state index contributed by atoms with van der Waals surface area (Å²) in [5, 5.41) is 2.55. The highest BCUT2D eigenvalue weighted by molar-refractivity contribution is 7.51. The minimum absolute atomic E-state index is 0.145. The molecule has 34 heavy (non-hydrogen) atoms. The Morgan fingerprint density at radius 1 is 1.32 bits per heavy atom. The quantitative estimate of drug-likeness (QED) is 0.369. The van der Waals surface area contributed by atoms with Crippen LogP contribution in [0.4, 0.5) is 4.39 Å². The fourth-order valence-electron chi connectivity index (χ4n) is 3.49. The van der Waals surface area contributed by atoms with Crippen LogP contribution in [0.1, 0.15) is 23.8 Å². The van der Waals surface area contributed by atoms with Crippen LogP contribution in [0.25, 0.3) is 0 Å². The molecule has 4 unspecified atom stereocenters. The number of alkyl halides is 1. The number of esters is 1. The highest BCUT2D eigenvalue weighted by Crippen LogP contribution is 2.45. The minimum atomic E-state index is -4.07. The van der Waals surface area contributed by atoms with Crippen LogP contribution in [0.2, 0.25) is 0 Å². The average Bonchev–Trinajstić information content (AvgIpc) is 3.20. The van der Waals surface area contributed by atoms with Crippen LogP contribution in [-0.4, -0.2) is 54.7 Å². The SMILES string of the molecule is COC(=O)[C@H](Cc1ccccc1)NP(=O)(OC)OCC1OC(n2cc(C)c(=O)[nH]c2=O)CC1F. The third-order valence-electron chi connectivity index (χ3n) is 5.35. The maximum atomic E-state index is 14.6. The number of aromatic amines is 1. The van der Waals surface area contributed by atoms with Crippen molar-refractivity contribution in [1.82, 2.24) is 14.6 Å². The van der Waals surface area contributed by atoms with Crippen LogP contribution in [-0.2, 0) is 34.3 Å². The molecular formula is C21H27FN3O8P. The van der Waals surface area contributed by atoms with E-state index >= 15 is 0 Å². The van der Waals surface area contributed by atoms with E-state index in [1.807, 2.05) is 6.07 Å². The van der Waals surface area contributed by atoms with Gasteiger partial charge in [-0.1, -0.05) is 30.3 Å². The van der Waals surface area contributed by atoms with Crippen molar-refractivity contribution in [1.29, 1.82) is 0 Å². The van der Waals surface area contributed by atoms with Crippen LogP contribution in [0.3, 0.4) is 0 Å². The van der Waals surface area contributed by atoms with Gasteiger partial charge in [0, 0.05) is 25.3 Å². The van der Waals surface area contributed by atoms with E-state index in [0.29, 0.717) is 0 Å². The number of carbonyl (C=O) groups is 1. The molecule has 0 aliphatic carbocycles. The fraction of sp³-hybridized carbons (Fsp3) is 0.476. The largest absolute Gasteiger partial charge is 0.468 e. The van der Waals surface area contributed by atoms with E-state index in [2.05, 4.69) is 10.1 Å². The molecule has 3 rings (SSSR count). The lowest BCUT2D eigenvalue weighted by molar-refractivity contribution is -0.142. The van der Waals surface area contributed by atoms with Crippen molar-refractivity contribution >= 4 is 13.7 Å². The summed E-state index contributed by atoms with van der Waals surface area (Å²) in [7, 11) is -1.75. The first-order chi connectivity index (χ1) is 16.2. The van der Waals surface area contributed by atoms with Gasteiger partial charge in [0.1, 0.15) is 24.5 Å². The van der Waals surface area contributed by atoms with E-state index < -0.39 is 56.1 Å². The second kappa shape index (κ2) is 11.2. The Morgan fingerprint density at radius 2 is 2.03 bits per heavy atom. The van der Waals surface area contributed by atoms with Gasteiger partial charge in [-0.25, -0.2) is 18.8 Å². The van der Waals surface area contributed by atoms with Crippen molar-refractivity contribution in [3.63, 3.8) is 0 Å². The lowest BCUT2D eigenvalue weighted by Gasteiger charge is -2.24. The summed E-state index contributed by atoms with van der Waals surface area (Å²) in [5.41, 5.74) is -0.238. The second-order valence-electron chi connectivity index (χ2n) is 7.73. The molecule has 0 amide bonds. The predicted octanol–water partition coefficient (Wildman–Crippen LogP) is 1.62. The first kappa shape index (κ1) is 26.0. The number of hydrogen-bond donors (Lipinski definition) is 2. The number of H-pyrrole nitrogens is 1. The van der Waals surface area contributed by atoms with Gasteiger partial charge in [-0.15, -0.1) is 0 Å². The minimum Gasteiger partial charge on any atom is -0.468 e. The number of methoxy groups -OCH3 is 1. The van der Waals surface area contributed by atoms with Crippen LogP contribution in [0, 0.1) is 6.92 Å². The summed E-state index contributed by atoms with van der Waals surface area (Å²) in [6, 6.07) is 7.92. The second-order valence-corrected chi connectivity index (χ2v) is 9.61. The molecule has 0 spiro atoms. The summed E-state index contributed by atoms with van der Waals surface area (Å²) in [6.07, 6.45) is -2.44. The average molecular weight is 499 g/mol. The number of nitrogens with zero attached hydrogens (tertiary/aromatic N) is 1. The molecule has 1 aromatic carbocycles. The maximum absolute atomic E-state index is 14.6. The number of rotatable bonds is 10. The first-order valence-electron chi connectivity index (χ1n) is 10.5. The normalized spacial score (nSPS) is 22.8. The van der Waals surface area contributed by atoms with Gasteiger partial charge in [-0.2, -0.15) is 0 Å². The number of halogens is 1. The van der Waals surface area contributed by atoms with E-state index in [9.17, 15) is 23.3 Å². The van der Waals surface area contributed by atoms with Crippen molar-refractivity contribution in [3.8, 4) is 0 Å². The lowest BCUT2D eigenvalue weighted by atomic mass is 10.1. The number of benzene rings is 1. The van der Waals surface area contributed by atoms with Crippen LogP contribution >= 0.6 is 7.75 Å². The monoisotopic (exact) mass is 499 g/mol. The fourth-order valence-corrected chi connectivity index (χ4v) is 4.70. The Balaban J connectivity index is 1.67. The molecule has 1 aliphatic rings. The number of aryl methyl sites for hydroxylation is 1. The molecule has 0 saturated carbocycles. The van der Waals surface area contributed by atoms with Crippen molar-refractivity contribution in [2.24, 2.45) is 0 Å². The molecule has 1 aromatic heterocycles. The molecule has 2 heterocycles. The van der Waals surface area contributed by atoms with E-state index in [-0.39, 0.29) is 18.4 Å². The van der Waals surface area contributed by atoms with Gasteiger partial charge in [-0.3, -0.25) is 23.7 Å². The smallest absolute Gasteiger partial charge is 0.406 e. The zero-order valence-electron chi connectivity index (χ0n) is 18.9. The number of nitrogens with one attached hydrogen (secondary N) is 2. The van der Waals surface area contributed by atoms with Gasteiger partial charge >= 0.3 is 19.4 Å². The molecule has 0 radical (unpaired) electrons. The summed E-state index contributed by atoms with van der Waals surface area (Å²) >= 11 is 0. The molecule has 1 aliphatic heterocycles. The molecule has 13 heteroatoms. The van der Waals surface area contributed by atoms with Crippen LogP contribution in [0.5, 0.6) is 0 Å². The van der Waals surface area contributed by atoms with Crippen molar-refractivity contribution in [2.45, 2.75) is 44.3 Å². The zero-order chi connectivity index (χ0) is 24.9. The van der Waals surface area contributed by atoms with Gasteiger partial charge in [0.2, 0.25) is 0 Å². The molecule has 1 saturated heterocycles. The molecule has 2 aromatic rings. The summed E-state index contributed by atoms with van der Waals surface area (Å²) in [6.45, 7) is 1.02. The molecule has 1 fully saturated rings. The van der Waals surface area contributed by atoms with Gasteiger partial charge < -0.3 is 14.0 Å². The van der Waals surface area contributed by atoms with Gasteiger partial charge in [-0.05, 0) is 18.9 Å². The predicted molar refractivity (Wildman–Crippen MR) is 119 cm³/mol. The van der Waals surface area contributed by atoms with E-state index in [1.165, 1.54) is 20.2 Å². The third-order valence-corrected chi connectivity index (χ3v) is 6.95. The first-order valence-corrected chi connectivity index (χ1v) is 12.0. The topological polar surface area (TPSA) is 138 Å². The molecule has 0 bridgehead atoms. The Labute approximate surface area is 194 Å². The van der Waals surface area contributed by atoms with E-state index in [4.69, 9.17) is 18.5 Å². The molecule has 11 nitrogen and oxygen atoms in total. The molecule has 5 atom stereocenters. The highest BCUT2D eigenvalue weighted by Gasteiger charge is 2.40. The van der Waals surface area contributed by atoms with E-state index in [0.717, 1.165) is 17.2 Å². The summed E-state index contributed by atoms with van der Waals surface area (Å²) in [5.74, 6) is -0.682. The van der Waals surface area contributed by atoms with E-state index in [1.54, 1.807) is 24.3 Å². The number of ether oxygens (including phenoxy) is 2. The van der Waals surface area contributed by atoms with Gasteiger partial charge in [0.05, 0.1) is 13.7 Å². The molecule has 186 valence electrons. The number of carbonyl (C=O) groups excluding carboxylic acids is 1. The Hall–Kier alpha value is -2.63. The summed E-state index contributed by atoms with van der Waals surface area (Å²) < 4.78 is 49.6. The van der Waals surface area contributed by atoms with Crippen molar-refractivity contribution in [2.75, 3.05) is 20.8 Å². The number of hydrogen-bond acceptors (Lipinski definition) is 8. The third kappa shape index (κ3) is 6.28. The highest BCUT2D eigenvalue weighted by atomic mass is 31.2. The molecule has 2 N–H and O–H groups in total. The Kier molecular flexibility index (Phi) is 8.56. The van der Waals surface area contributed by atoms with Crippen LogP contribution in [0.15, 0.2) is 46.1 Å². The Morgan fingerprint density at radius 3 is 2.68 bits per heavy atom. The Bertz CT molecular complexity index is 1150. The van der Waals surface area contributed by atoms with Crippen molar-refractivity contribution in [3.05, 3.63) is 68.5 Å². The standard InChI is InChI=1S/C21H27FN3O8P/c1-13-11-25(21(28)23-19(13)26)18-10-15(22)17(33-18)12-32-34(29,31-3)24-16(20(27)30-2)9-14-7-5-4-6-8-14/h4-8,11,15-18H,9-10,12H2,1-3H3,(H,24,29)(H,23,26,28)/t15?,16-,17?,18?,34?/m0/s1. The summed E-state index contributed by atoms with van der Waals surface area (Å²) in [4.78, 5) is 38.0. The molecular weight excluding hydrogens is 472 g/mol. The van der Waals surface area contributed by atoms with Gasteiger partial charge in [0.25, 0.3) is 5.56 Å². The van der Waals surface area contributed by atoms with Crippen molar-refractivity contribution < 1.29 is 32.3 Å². The maximum Gasteiger partial charge on any atom is 0.406 e. The number of aromatic nitrogens is 2. The zero-order valence-corrected chi connectivity index (χ0v) is 19.8. The van der Waals surface area contributed by atoms with Crippen LogP contribution < -0.4 is 16.3 Å². The van der Waals surface area contributed by atoms with Gasteiger partial charge in [0.15, 0.2) is 0 Å².